The van der Waals surface area contributed by atoms with Gasteiger partial charge in [0.2, 0.25) is 0 Å². The van der Waals surface area contributed by atoms with E-state index in [1.54, 1.807) is 7.11 Å². The van der Waals surface area contributed by atoms with Gasteiger partial charge in [0.05, 0.1) is 6.10 Å². The number of hydrogen-bond acceptors (Lipinski definition) is 4. The van der Waals surface area contributed by atoms with E-state index in [1.165, 1.54) is 0 Å². The van der Waals surface area contributed by atoms with E-state index >= 15 is 0 Å². The van der Waals surface area contributed by atoms with E-state index in [0.717, 1.165) is 30.0 Å². The van der Waals surface area contributed by atoms with E-state index in [4.69, 9.17) is 10.5 Å². The Hall–Kier alpha value is -1.13. The third-order valence-corrected chi connectivity index (χ3v) is 2.51. The van der Waals surface area contributed by atoms with Crippen molar-refractivity contribution in [2.75, 3.05) is 19.0 Å². The highest BCUT2D eigenvalue weighted by atomic mass is 16.5. The van der Waals surface area contributed by atoms with Gasteiger partial charge in [-0.3, -0.25) is 0 Å². The summed E-state index contributed by atoms with van der Waals surface area (Å²) in [6.07, 6.45) is 1.09. The third-order valence-electron chi connectivity index (χ3n) is 2.51. The Morgan fingerprint density at radius 1 is 1.50 bits per heavy atom. The van der Waals surface area contributed by atoms with Crippen molar-refractivity contribution in [1.82, 2.24) is 4.98 Å². The highest BCUT2D eigenvalue weighted by Gasteiger charge is 2.03. The number of aryl methyl sites for hydroxylation is 1. The fraction of sp³-hybridized carbons (Fsp3) is 0.583. The van der Waals surface area contributed by atoms with Crippen LogP contribution in [0.15, 0.2) is 12.1 Å². The zero-order valence-electron chi connectivity index (χ0n) is 10.3. The molecular weight excluding hydrogens is 202 g/mol. The number of anilines is 1. The number of rotatable bonds is 6. The van der Waals surface area contributed by atoms with Crippen LogP contribution in [0.2, 0.25) is 0 Å². The Morgan fingerprint density at radius 2 is 2.25 bits per heavy atom. The molecule has 1 aromatic heterocycles. The Morgan fingerprint density at radius 3 is 2.81 bits per heavy atom. The zero-order chi connectivity index (χ0) is 12.0. The van der Waals surface area contributed by atoms with Crippen LogP contribution >= 0.6 is 0 Å². The molecule has 1 heterocycles. The molecule has 0 aliphatic heterocycles. The Balaban J connectivity index is 2.71. The van der Waals surface area contributed by atoms with Gasteiger partial charge in [-0.15, -0.1) is 0 Å². The summed E-state index contributed by atoms with van der Waals surface area (Å²) in [6, 6.07) is 4.03. The smallest absolute Gasteiger partial charge is 0.126 e. The molecule has 0 aliphatic rings. The summed E-state index contributed by atoms with van der Waals surface area (Å²) in [4.78, 5) is 4.48. The minimum atomic E-state index is 0.174. The van der Waals surface area contributed by atoms with Crippen LogP contribution in [0.5, 0.6) is 0 Å². The second kappa shape index (κ2) is 6.45. The van der Waals surface area contributed by atoms with Gasteiger partial charge < -0.3 is 15.8 Å². The van der Waals surface area contributed by atoms with Gasteiger partial charge in [0.25, 0.3) is 0 Å². The van der Waals surface area contributed by atoms with Gasteiger partial charge in [0.15, 0.2) is 0 Å². The lowest BCUT2D eigenvalue weighted by Gasteiger charge is -2.13. The molecule has 3 N–H and O–H groups in total. The first-order chi connectivity index (χ1) is 7.69. The van der Waals surface area contributed by atoms with Gasteiger partial charge in [-0.25, -0.2) is 4.98 Å². The Kier molecular flexibility index (Phi) is 5.22. The first-order valence-corrected chi connectivity index (χ1v) is 5.66. The van der Waals surface area contributed by atoms with Gasteiger partial charge in [-0.1, -0.05) is 6.92 Å². The second-order valence-electron chi connectivity index (χ2n) is 3.84. The fourth-order valence-corrected chi connectivity index (χ4v) is 1.37. The highest BCUT2D eigenvalue weighted by Crippen LogP contribution is 2.11. The van der Waals surface area contributed by atoms with E-state index in [0.29, 0.717) is 6.54 Å². The largest absolute Gasteiger partial charge is 0.380 e. The van der Waals surface area contributed by atoms with Crippen molar-refractivity contribution >= 4 is 5.82 Å². The molecule has 0 aliphatic carbocycles. The second-order valence-corrected chi connectivity index (χ2v) is 3.84. The maximum absolute atomic E-state index is 5.64. The first-order valence-electron chi connectivity index (χ1n) is 5.66. The molecule has 0 spiro atoms. The lowest BCUT2D eigenvalue weighted by Crippen LogP contribution is -2.19. The molecule has 0 saturated heterocycles. The molecule has 1 aromatic rings. The summed E-state index contributed by atoms with van der Waals surface area (Å²) in [5, 5.41) is 3.25. The van der Waals surface area contributed by atoms with Crippen LogP contribution in [-0.2, 0) is 17.7 Å². The van der Waals surface area contributed by atoms with Crippen LogP contribution in [-0.4, -0.2) is 24.7 Å². The maximum atomic E-state index is 5.64. The van der Waals surface area contributed by atoms with Gasteiger partial charge in [-0.05, 0) is 31.0 Å². The molecule has 4 nitrogen and oxygen atoms in total. The van der Waals surface area contributed by atoms with Gasteiger partial charge in [0.1, 0.15) is 5.82 Å². The topological polar surface area (TPSA) is 60.2 Å². The lowest BCUT2D eigenvalue weighted by molar-refractivity contribution is 0.128. The molecule has 0 radical (unpaired) electrons. The molecule has 1 atom stereocenters. The molecule has 16 heavy (non-hydrogen) atoms. The summed E-state index contributed by atoms with van der Waals surface area (Å²) in [5.41, 5.74) is 7.82. The number of nitrogens with zero attached hydrogens (tertiary/aromatic N) is 1. The molecule has 0 amide bonds. The molecule has 0 bridgehead atoms. The van der Waals surface area contributed by atoms with Crippen molar-refractivity contribution in [2.24, 2.45) is 5.73 Å². The number of methoxy groups -OCH3 is 1. The van der Waals surface area contributed by atoms with Crippen molar-refractivity contribution in [3.8, 4) is 0 Å². The van der Waals surface area contributed by atoms with Crippen molar-refractivity contribution in [2.45, 2.75) is 32.9 Å². The normalized spacial score (nSPS) is 12.5. The van der Waals surface area contributed by atoms with Gasteiger partial charge in [0, 0.05) is 25.9 Å². The summed E-state index contributed by atoms with van der Waals surface area (Å²) in [6.45, 7) is 5.40. The summed E-state index contributed by atoms with van der Waals surface area (Å²) >= 11 is 0. The summed E-state index contributed by atoms with van der Waals surface area (Å²) in [7, 11) is 1.70. The molecule has 1 unspecified atom stereocenters. The van der Waals surface area contributed by atoms with Gasteiger partial charge >= 0.3 is 0 Å². The van der Waals surface area contributed by atoms with Crippen LogP contribution in [0, 0.1) is 0 Å². The minimum Gasteiger partial charge on any atom is -0.380 e. The number of nitrogens with one attached hydrogen (secondary N) is 1. The van der Waals surface area contributed by atoms with E-state index in [9.17, 15) is 0 Å². The quantitative estimate of drug-likeness (QED) is 0.768. The average molecular weight is 223 g/mol. The third kappa shape index (κ3) is 3.79. The minimum absolute atomic E-state index is 0.174. The van der Waals surface area contributed by atoms with E-state index in [2.05, 4.69) is 17.2 Å². The molecule has 90 valence electrons. The molecular formula is C12H21N3O. The van der Waals surface area contributed by atoms with Crippen LogP contribution < -0.4 is 11.1 Å². The molecule has 0 aromatic carbocycles. The Labute approximate surface area is 97.2 Å². The molecule has 0 saturated carbocycles. The SMILES string of the molecule is CCc1cc(CN)cc(NCC(C)OC)n1. The van der Waals surface area contributed by atoms with Crippen LogP contribution in [0.1, 0.15) is 25.1 Å². The van der Waals surface area contributed by atoms with Crippen molar-refractivity contribution in [3.63, 3.8) is 0 Å². The van der Waals surface area contributed by atoms with Crippen LogP contribution in [0.25, 0.3) is 0 Å². The molecule has 4 heteroatoms. The van der Waals surface area contributed by atoms with Crippen LogP contribution in [0.3, 0.4) is 0 Å². The number of nitrogens with two attached hydrogens (primary N) is 1. The monoisotopic (exact) mass is 223 g/mol. The standard InChI is InChI=1S/C12H21N3O/c1-4-11-5-10(7-13)6-12(15-11)14-8-9(2)16-3/h5-6,9H,4,7-8,13H2,1-3H3,(H,14,15). The first kappa shape index (κ1) is 12.9. The van der Waals surface area contributed by atoms with Crippen molar-refractivity contribution in [3.05, 3.63) is 23.4 Å². The Bertz CT molecular complexity index is 306. The van der Waals surface area contributed by atoms with Crippen molar-refractivity contribution < 1.29 is 4.74 Å². The van der Waals surface area contributed by atoms with Crippen LogP contribution in [0.4, 0.5) is 5.82 Å². The average Bonchev–Trinajstić information content (AvgIpc) is 2.35. The fourth-order valence-electron chi connectivity index (χ4n) is 1.37. The van der Waals surface area contributed by atoms with E-state index in [1.807, 2.05) is 19.1 Å². The van der Waals surface area contributed by atoms with Crippen molar-refractivity contribution in [1.29, 1.82) is 0 Å². The maximum Gasteiger partial charge on any atom is 0.126 e. The molecule has 1 rings (SSSR count). The number of ether oxygens (including phenoxy) is 1. The van der Waals surface area contributed by atoms with E-state index in [-0.39, 0.29) is 6.10 Å². The van der Waals surface area contributed by atoms with E-state index < -0.39 is 0 Å². The van der Waals surface area contributed by atoms with Gasteiger partial charge in [-0.2, -0.15) is 0 Å². The zero-order valence-corrected chi connectivity index (χ0v) is 10.3. The number of hydrogen-bond donors (Lipinski definition) is 2. The predicted molar refractivity (Wildman–Crippen MR) is 66.5 cm³/mol. The summed E-state index contributed by atoms with van der Waals surface area (Å²) < 4.78 is 5.17. The number of aromatic nitrogens is 1. The molecule has 0 fully saturated rings. The number of pyridine rings is 1. The summed E-state index contributed by atoms with van der Waals surface area (Å²) in [5.74, 6) is 0.878. The predicted octanol–water partition coefficient (Wildman–Crippen LogP) is 1.55. The lowest BCUT2D eigenvalue weighted by atomic mass is 10.2. The highest BCUT2D eigenvalue weighted by molar-refractivity contribution is 5.39.